The van der Waals surface area contributed by atoms with Crippen molar-refractivity contribution in [3.8, 4) is 0 Å². The minimum absolute atomic E-state index is 0.0871. The van der Waals surface area contributed by atoms with Gasteiger partial charge in [-0.3, -0.25) is 14.4 Å². The van der Waals surface area contributed by atoms with E-state index in [4.69, 9.17) is 14.2 Å². The number of hydrogen-bond acceptors (Lipinski definition) is 6. The van der Waals surface area contributed by atoms with E-state index in [9.17, 15) is 14.4 Å². The molecule has 0 saturated heterocycles. The molecule has 0 aliphatic heterocycles. The highest BCUT2D eigenvalue weighted by molar-refractivity contribution is 5.71. The molecule has 366 valence electrons. The molecule has 0 aromatic carbocycles. The van der Waals surface area contributed by atoms with Crippen LogP contribution in [0.15, 0.2) is 85.1 Å². The average Bonchev–Trinajstić information content (AvgIpc) is 3.29. The molecule has 0 aliphatic carbocycles. The predicted molar refractivity (Wildman–Crippen MR) is 274 cm³/mol. The monoisotopic (exact) mass is 891 g/mol. The Balaban J connectivity index is 4.37. The van der Waals surface area contributed by atoms with Crippen molar-refractivity contribution < 1.29 is 28.6 Å². The molecule has 0 amide bonds. The number of ether oxygens (including phenoxy) is 3. The molecule has 1 atom stereocenters. The molecule has 0 rings (SSSR count). The van der Waals surface area contributed by atoms with Crippen LogP contribution in [-0.2, 0) is 28.6 Å². The summed E-state index contributed by atoms with van der Waals surface area (Å²) in [6.07, 6.45) is 67.1. The fourth-order valence-corrected chi connectivity index (χ4v) is 7.23. The highest BCUT2D eigenvalue weighted by Crippen LogP contribution is 2.15. The van der Waals surface area contributed by atoms with Crippen LogP contribution in [0.4, 0.5) is 0 Å². The third-order valence-corrected chi connectivity index (χ3v) is 11.2. The van der Waals surface area contributed by atoms with Crippen molar-refractivity contribution in [2.75, 3.05) is 13.2 Å². The highest BCUT2D eigenvalue weighted by atomic mass is 16.6. The number of allylic oxidation sites excluding steroid dienone is 14. The maximum atomic E-state index is 12.8. The Morgan fingerprint density at radius 3 is 1.12 bits per heavy atom. The number of esters is 3. The summed E-state index contributed by atoms with van der Waals surface area (Å²) in [4.78, 5) is 38.0. The molecule has 0 aliphatic rings. The Hall–Kier alpha value is -3.41. The van der Waals surface area contributed by atoms with E-state index in [1.54, 1.807) is 0 Å². The molecule has 0 fully saturated rings. The van der Waals surface area contributed by atoms with Gasteiger partial charge in [0, 0.05) is 19.3 Å². The third kappa shape index (κ3) is 49.6. The van der Waals surface area contributed by atoms with Crippen molar-refractivity contribution in [3.05, 3.63) is 85.1 Å². The molecular weight excluding hydrogens is 793 g/mol. The normalized spacial score (nSPS) is 12.7. The first kappa shape index (κ1) is 60.6. The quantitative estimate of drug-likeness (QED) is 0.0199. The van der Waals surface area contributed by atoms with Crippen molar-refractivity contribution in [3.63, 3.8) is 0 Å². The first-order valence-electron chi connectivity index (χ1n) is 26.6. The lowest BCUT2D eigenvalue weighted by atomic mass is 10.1. The van der Waals surface area contributed by atoms with E-state index >= 15 is 0 Å². The molecule has 0 radical (unpaired) electrons. The van der Waals surface area contributed by atoms with E-state index in [1.807, 2.05) is 0 Å². The lowest BCUT2D eigenvalue weighted by molar-refractivity contribution is -0.167. The van der Waals surface area contributed by atoms with Gasteiger partial charge in [0.15, 0.2) is 6.10 Å². The molecule has 0 spiro atoms. The fourth-order valence-electron chi connectivity index (χ4n) is 7.23. The zero-order valence-electron chi connectivity index (χ0n) is 41.8. The van der Waals surface area contributed by atoms with Gasteiger partial charge in [0.2, 0.25) is 0 Å². The van der Waals surface area contributed by atoms with Crippen LogP contribution in [0.25, 0.3) is 0 Å². The van der Waals surface area contributed by atoms with Crippen molar-refractivity contribution in [1.82, 2.24) is 0 Å². The van der Waals surface area contributed by atoms with Gasteiger partial charge in [0.25, 0.3) is 0 Å². The minimum Gasteiger partial charge on any atom is -0.462 e. The Bertz CT molecular complexity index is 1250. The van der Waals surface area contributed by atoms with Gasteiger partial charge in [0.05, 0.1) is 0 Å². The summed E-state index contributed by atoms with van der Waals surface area (Å²) in [6.45, 7) is 6.45. The Kier molecular flexibility index (Phi) is 49.4. The molecule has 0 aromatic heterocycles. The molecule has 0 N–H and O–H groups in total. The van der Waals surface area contributed by atoms with E-state index in [-0.39, 0.29) is 31.1 Å². The van der Waals surface area contributed by atoms with Gasteiger partial charge in [-0.1, -0.05) is 234 Å². The van der Waals surface area contributed by atoms with E-state index in [2.05, 4.69) is 106 Å². The van der Waals surface area contributed by atoms with Crippen LogP contribution in [0.2, 0.25) is 0 Å². The Morgan fingerprint density at radius 1 is 0.344 bits per heavy atom. The second-order valence-electron chi connectivity index (χ2n) is 17.5. The number of carbonyl (C=O) groups is 3. The number of hydrogen-bond donors (Lipinski definition) is 0. The summed E-state index contributed by atoms with van der Waals surface area (Å²) < 4.78 is 16.8. The van der Waals surface area contributed by atoms with Gasteiger partial charge in [-0.25, -0.2) is 0 Å². The van der Waals surface area contributed by atoms with Crippen molar-refractivity contribution >= 4 is 17.9 Å². The summed E-state index contributed by atoms with van der Waals surface area (Å²) in [7, 11) is 0. The minimum atomic E-state index is -0.789. The van der Waals surface area contributed by atoms with Gasteiger partial charge < -0.3 is 14.2 Å². The lowest BCUT2D eigenvalue weighted by Crippen LogP contribution is -2.30. The zero-order valence-corrected chi connectivity index (χ0v) is 41.8. The third-order valence-electron chi connectivity index (χ3n) is 11.2. The van der Waals surface area contributed by atoms with Crippen LogP contribution in [-0.4, -0.2) is 37.2 Å². The Labute approximate surface area is 395 Å². The van der Waals surface area contributed by atoms with Crippen LogP contribution in [0.3, 0.4) is 0 Å². The molecule has 6 heteroatoms. The maximum Gasteiger partial charge on any atom is 0.306 e. The molecule has 0 saturated carbocycles. The number of carbonyl (C=O) groups excluding carboxylic acids is 3. The predicted octanol–water partition coefficient (Wildman–Crippen LogP) is 17.6. The van der Waals surface area contributed by atoms with Crippen LogP contribution >= 0.6 is 0 Å². The van der Waals surface area contributed by atoms with Crippen LogP contribution in [0, 0.1) is 0 Å². The van der Waals surface area contributed by atoms with Gasteiger partial charge in [0.1, 0.15) is 13.2 Å². The smallest absolute Gasteiger partial charge is 0.306 e. The second-order valence-corrected chi connectivity index (χ2v) is 17.5. The van der Waals surface area contributed by atoms with Crippen molar-refractivity contribution in [1.29, 1.82) is 0 Å². The highest BCUT2D eigenvalue weighted by Gasteiger charge is 2.19. The van der Waals surface area contributed by atoms with Crippen molar-refractivity contribution in [2.24, 2.45) is 0 Å². The van der Waals surface area contributed by atoms with Crippen LogP contribution in [0.1, 0.15) is 245 Å². The molecule has 0 heterocycles. The molecule has 6 nitrogen and oxygen atoms in total. The van der Waals surface area contributed by atoms with E-state index in [1.165, 1.54) is 103 Å². The first-order chi connectivity index (χ1) is 31.5. The first-order valence-corrected chi connectivity index (χ1v) is 26.6. The molecule has 1 unspecified atom stereocenters. The van der Waals surface area contributed by atoms with Crippen molar-refractivity contribution in [2.45, 2.75) is 252 Å². The fraction of sp³-hybridized carbons (Fsp3) is 0.707. The molecule has 0 aromatic rings. The molecule has 64 heavy (non-hydrogen) atoms. The maximum absolute atomic E-state index is 12.8. The lowest BCUT2D eigenvalue weighted by Gasteiger charge is -2.18. The molecular formula is C58H98O6. The van der Waals surface area contributed by atoms with Crippen LogP contribution < -0.4 is 0 Å². The summed E-state index contributed by atoms with van der Waals surface area (Å²) in [5.74, 6) is -0.917. The second kappa shape index (κ2) is 52.2. The topological polar surface area (TPSA) is 78.9 Å². The summed E-state index contributed by atoms with van der Waals surface area (Å²) in [6, 6.07) is 0. The Morgan fingerprint density at radius 2 is 0.672 bits per heavy atom. The average molecular weight is 891 g/mol. The molecule has 0 bridgehead atoms. The van der Waals surface area contributed by atoms with E-state index in [0.29, 0.717) is 19.3 Å². The van der Waals surface area contributed by atoms with E-state index < -0.39 is 6.10 Å². The zero-order chi connectivity index (χ0) is 46.5. The van der Waals surface area contributed by atoms with E-state index in [0.717, 1.165) is 103 Å². The van der Waals surface area contributed by atoms with Crippen LogP contribution in [0.5, 0.6) is 0 Å². The van der Waals surface area contributed by atoms with Gasteiger partial charge >= 0.3 is 17.9 Å². The standard InChI is InChI=1S/C58H98O6/c1-4-7-10-13-16-19-21-23-25-27-29-31-32-34-36-39-42-45-48-51-57(60)63-54-55(53-62-56(59)50-47-44-41-38-18-15-12-9-6-3)64-58(61)52-49-46-43-40-37-35-33-30-28-26-24-22-20-17-14-11-8-5-2/h7,10,16-17,19-20,22-26,28,30,33,55H,4-6,8-9,11-15,18,21,27,29,31-32,34-54H2,1-3H3/b10-7-,19-16-,20-17-,24-22-,25-23-,28-26-,33-30-. The SMILES string of the molecule is CC/C=C\C/C=C\C/C=C\CCCCCCCCCCCC(=O)OCC(COC(=O)CCCCCCCCCCC)OC(=O)CCCCCCC\C=C/C=C\C=C/C=C\CCCCC. The largest absolute Gasteiger partial charge is 0.462 e. The van der Waals surface area contributed by atoms with Gasteiger partial charge in [-0.05, 0) is 77.0 Å². The summed E-state index contributed by atoms with van der Waals surface area (Å²) >= 11 is 0. The van der Waals surface area contributed by atoms with Gasteiger partial charge in [-0.2, -0.15) is 0 Å². The number of unbranched alkanes of at least 4 members (excludes halogenated alkanes) is 25. The van der Waals surface area contributed by atoms with Gasteiger partial charge in [-0.15, -0.1) is 0 Å². The number of rotatable bonds is 47. The summed E-state index contributed by atoms with van der Waals surface area (Å²) in [5, 5.41) is 0. The summed E-state index contributed by atoms with van der Waals surface area (Å²) in [5.41, 5.74) is 0.